The van der Waals surface area contributed by atoms with E-state index in [0.29, 0.717) is 6.54 Å². The van der Waals surface area contributed by atoms with Gasteiger partial charge in [0.2, 0.25) is 0 Å². The minimum absolute atomic E-state index is 0.682. The monoisotopic (exact) mass is 292 g/mol. The smallest absolute Gasteiger partial charge is 0.133 e. The summed E-state index contributed by atoms with van der Waals surface area (Å²) in [5.41, 5.74) is 0.912. The molecular weight excluding hydrogens is 280 g/mol. The predicted molar refractivity (Wildman–Crippen MR) is 78.6 cm³/mol. The van der Waals surface area contributed by atoms with Gasteiger partial charge in [0.1, 0.15) is 5.76 Å². The molecule has 0 amide bonds. The van der Waals surface area contributed by atoms with Crippen LogP contribution in [0.4, 0.5) is 0 Å². The zero-order valence-electron chi connectivity index (χ0n) is 10.4. The van der Waals surface area contributed by atoms with Crippen LogP contribution in [-0.2, 0) is 13.1 Å². The van der Waals surface area contributed by atoms with E-state index in [1.807, 2.05) is 25.1 Å². The zero-order valence-corrected chi connectivity index (χ0v) is 12.0. The fourth-order valence-corrected chi connectivity index (χ4v) is 3.45. The van der Waals surface area contributed by atoms with Crippen LogP contribution in [0.15, 0.2) is 34.9 Å². The topological polar surface area (TPSA) is 38.1 Å². The van der Waals surface area contributed by atoms with Gasteiger partial charge < -0.3 is 9.84 Å². The van der Waals surface area contributed by atoms with Gasteiger partial charge in [0.15, 0.2) is 0 Å². The Morgan fingerprint density at radius 1 is 1.32 bits per heavy atom. The molecule has 0 atom stereocenters. The number of halogens is 1. The standard InChI is InChI=1S/C14H13ClN2OS/c1-9-6-10(17-18-9)7-16-8-13-14(15)11-4-2-3-5-12(11)19-13/h2-6,16H,7-8H2,1H3. The second-order valence-electron chi connectivity index (χ2n) is 4.37. The lowest BCUT2D eigenvalue weighted by molar-refractivity contribution is 0.388. The Labute approximate surface area is 120 Å². The summed E-state index contributed by atoms with van der Waals surface area (Å²) in [6.07, 6.45) is 0. The highest BCUT2D eigenvalue weighted by molar-refractivity contribution is 7.19. The summed E-state index contributed by atoms with van der Waals surface area (Å²) in [6.45, 7) is 3.31. The summed E-state index contributed by atoms with van der Waals surface area (Å²) in [7, 11) is 0. The van der Waals surface area contributed by atoms with E-state index in [1.165, 1.54) is 4.70 Å². The molecule has 0 spiro atoms. The molecule has 98 valence electrons. The van der Waals surface area contributed by atoms with Crippen molar-refractivity contribution in [1.82, 2.24) is 10.5 Å². The molecule has 0 saturated heterocycles. The highest BCUT2D eigenvalue weighted by atomic mass is 35.5. The lowest BCUT2D eigenvalue weighted by Gasteiger charge is -2.00. The van der Waals surface area contributed by atoms with Gasteiger partial charge in [0.25, 0.3) is 0 Å². The summed E-state index contributed by atoms with van der Waals surface area (Å²) in [5.74, 6) is 0.830. The van der Waals surface area contributed by atoms with Gasteiger partial charge in [-0.15, -0.1) is 11.3 Å². The molecule has 0 unspecified atom stereocenters. The third-order valence-electron chi connectivity index (χ3n) is 2.87. The average Bonchev–Trinajstić information content (AvgIpc) is 2.96. The van der Waals surface area contributed by atoms with Crippen LogP contribution >= 0.6 is 22.9 Å². The molecule has 1 aromatic carbocycles. The number of hydrogen-bond donors (Lipinski definition) is 1. The van der Waals surface area contributed by atoms with Crippen molar-refractivity contribution < 1.29 is 4.52 Å². The summed E-state index contributed by atoms with van der Waals surface area (Å²) < 4.78 is 6.25. The molecule has 2 heterocycles. The number of hydrogen-bond acceptors (Lipinski definition) is 4. The molecule has 0 aliphatic rings. The molecule has 3 aromatic rings. The van der Waals surface area contributed by atoms with Gasteiger partial charge in [-0.05, 0) is 13.0 Å². The van der Waals surface area contributed by atoms with E-state index in [9.17, 15) is 0 Å². The van der Waals surface area contributed by atoms with E-state index in [1.54, 1.807) is 11.3 Å². The lowest BCUT2D eigenvalue weighted by Crippen LogP contribution is -2.12. The van der Waals surface area contributed by atoms with Crippen LogP contribution in [0, 0.1) is 6.92 Å². The van der Waals surface area contributed by atoms with Gasteiger partial charge >= 0.3 is 0 Å². The predicted octanol–water partition coefficient (Wildman–Crippen LogP) is 4.14. The Balaban J connectivity index is 1.70. The second-order valence-corrected chi connectivity index (χ2v) is 5.88. The zero-order chi connectivity index (χ0) is 13.2. The fourth-order valence-electron chi connectivity index (χ4n) is 1.98. The summed E-state index contributed by atoms with van der Waals surface area (Å²) >= 11 is 8.11. The van der Waals surface area contributed by atoms with Crippen molar-refractivity contribution in [3.8, 4) is 0 Å². The Hall–Kier alpha value is -1.36. The Morgan fingerprint density at radius 2 is 2.16 bits per heavy atom. The van der Waals surface area contributed by atoms with Gasteiger partial charge in [-0.2, -0.15) is 0 Å². The van der Waals surface area contributed by atoms with Crippen LogP contribution in [0.2, 0.25) is 5.02 Å². The minimum atomic E-state index is 0.682. The third-order valence-corrected chi connectivity index (χ3v) is 4.58. The van der Waals surface area contributed by atoms with Gasteiger partial charge in [0, 0.05) is 34.1 Å². The number of thiophene rings is 1. The van der Waals surface area contributed by atoms with Crippen LogP contribution in [0.1, 0.15) is 16.3 Å². The first-order chi connectivity index (χ1) is 9.24. The third kappa shape index (κ3) is 2.66. The Kier molecular flexibility index (Phi) is 3.55. The maximum atomic E-state index is 6.38. The largest absolute Gasteiger partial charge is 0.361 e. The minimum Gasteiger partial charge on any atom is -0.361 e. The van der Waals surface area contributed by atoms with Gasteiger partial charge in [-0.25, -0.2) is 0 Å². The lowest BCUT2D eigenvalue weighted by atomic mass is 10.2. The van der Waals surface area contributed by atoms with Crippen LogP contribution in [-0.4, -0.2) is 5.16 Å². The highest BCUT2D eigenvalue weighted by Crippen LogP contribution is 2.34. The van der Waals surface area contributed by atoms with E-state index in [4.69, 9.17) is 16.1 Å². The first-order valence-electron chi connectivity index (χ1n) is 6.03. The molecule has 0 fully saturated rings. The van der Waals surface area contributed by atoms with Crippen molar-refractivity contribution in [3.63, 3.8) is 0 Å². The number of benzene rings is 1. The van der Waals surface area contributed by atoms with Crippen molar-refractivity contribution in [2.24, 2.45) is 0 Å². The second kappa shape index (κ2) is 5.33. The molecule has 0 bridgehead atoms. The molecule has 3 rings (SSSR count). The van der Waals surface area contributed by atoms with Crippen molar-refractivity contribution in [2.45, 2.75) is 20.0 Å². The number of rotatable bonds is 4. The molecule has 0 saturated carbocycles. The average molecular weight is 293 g/mol. The normalized spacial score (nSPS) is 11.3. The van der Waals surface area contributed by atoms with Crippen molar-refractivity contribution in [2.75, 3.05) is 0 Å². The van der Waals surface area contributed by atoms with Crippen LogP contribution < -0.4 is 5.32 Å². The van der Waals surface area contributed by atoms with Crippen LogP contribution in [0.3, 0.4) is 0 Å². The Morgan fingerprint density at radius 3 is 2.89 bits per heavy atom. The summed E-state index contributed by atoms with van der Waals surface area (Å²) in [5, 5.41) is 9.26. The SMILES string of the molecule is Cc1cc(CNCc2sc3ccccc3c2Cl)no1. The number of nitrogens with one attached hydrogen (secondary N) is 1. The number of nitrogens with zero attached hydrogens (tertiary/aromatic N) is 1. The maximum absolute atomic E-state index is 6.38. The molecule has 0 radical (unpaired) electrons. The molecule has 19 heavy (non-hydrogen) atoms. The highest BCUT2D eigenvalue weighted by Gasteiger charge is 2.09. The molecule has 2 aromatic heterocycles. The van der Waals surface area contributed by atoms with Crippen molar-refractivity contribution in [3.05, 3.63) is 51.7 Å². The molecule has 0 aliphatic heterocycles. The number of fused-ring (bicyclic) bond motifs is 1. The first-order valence-corrected chi connectivity index (χ1v) is 7.22. The first kappa shape index (κ1) is 12.7. The van der Waals surface area contributed by atoms with Crippen LogP contribution in [0.5, 0.6) is 0 Å². The van der Waals surface area contributed by atoms with Crippen molar-refractivity contribution >= 4 is 33.0 Å². The molecular formula is C14H13ClN2OS. The van der Waals surface area contributed by atoms with Gasteiger partial charge in [0.05, 0.1) is 10.7 Å². The maximum Gasteiger partial charge on any atom is 0.133 e. The van der Waals surface area contributed by atoms with E-state index in [2.05, 4.69) is 22.6 Å². The fraction of sp³-hybridized carbons (Fsp3) is 0.214. The van der Waals surface area contributed by atoms with E-state index in [-0.39, 0.29) is 0 Å². The van der Waals surface area contributed by atoms with E-state index < -0.39 is 0 Å². The molecule has 3 nitrogen and oxygen atoms in total. The number of aryl methyl sites for hydroxylation is 1. The number of aromatic nitrogens is 1. The van der Waals surface area contributed by atoms with Gasteiger partial charge in [-0.1, -0.05) is 35.0 Å². The quantitative estimate of drug-likeness (QED) is 0.785. The van der Waals surface area contributed by atoms with E-state index in [0.717, 1.165) is 33.3 Å². The van der Waals surface area contributed by atoms with Gasteiger partial charge in [-0.3, -0.25) is 0 Å². The summed E-state index contributed by atoms with van der Waals surface area (Å²) in [4.78, 5) is 1.16. The Bertz CT molecular complexity index is 704. The summed E-state index contributed by atoms with van der Waals surface area (Å²) in [6, 6.07) is 10.1. The van der Waals surface area contributed by atoms with E-state index >= 15 is 0 Å². The molecule has 5 heteroatoms. The molecule has 0 aliphatic carbocycles. The van der Waals surface area contributed by atoms with Crippen molar-refractivity contribution in [1.29, 1.82) is 0 Å². The molecule has 1 N–H and O–H groups in total. The van der Waals surface area contributed by atoms with Crippen LogP contribution in [0.25, 0.3) is 10.1 Å².